The summed E-state index contributed by atoms with van der Waals surface area (Å²) in [6, 6.07) is 28.4. The van der Waals surface area contributed by atoms with Gasteiger partial charge in [0, 0.05) is 0 Å². The van der Waals surface area contributed by atoms with Crippen LogP contribution in [0.25, 0.3) is 11.3 Å². The first-order chi connectivity index (χ1) is 16.7. The van der Waals surface area contributed by atoms with Gasteiger partial charge in [-0.25, -0.2) is 0 Å². The molecule has 0 aromatic heterocycles. The Kier molecular flexibility index (Phi) is 8.16. The van der Waals surface area contributed by atoms with Gasteiger partial charge < -0.3 is 0 Å². The standard InChI is InChI=1S/C30H35N2OSe/c1-5-31(6-2)27-16-14-25(15-17-27)30-22-26(24-12-10-9-11-13-24)23-34(33-30)29-20-18-28(19-21-29)32(7-3)8-4/h9-23H,5-8H2,1-4H3/q+1. The molecule has 3 nitrogen and oxygen atoms in total. The number of hydrogen-bond donors (Lipinski definition) is 0. The summed E-state index contributed by atoms with van der Waals surface area (Å²) in [5.74, 6) is 0.963. The van der Waals surface area contributed by atoms with E-state index in [1.807, 2.05) is 0 Å². The van der Waals surface area contributed by atoms with Gasteiger partial charge in [-0.1, -0.05) is 0 Å². The maximum absolute atomic E-state index is 6.70. The molecule has 1 heterocycles. The molecule has 34 heavy (non-hydrogen) atoms. The van der Waals surface area contributed by atoms with Crippen LogP contribution < -0.4 is 14.3 Å². The van der Waals surface area contributed by atoms with Crippen molar-refractivity contribution in [3.8, 4) is 0 Å². The summed E-state index contributed by atoms with van der Waals surface area (Å²) < 4.78 is 7.99. The Bertz CT molecular complexity index is 1110. The third-order valence-electron chi connectivity index (χ3n) is 6.29. The van der Waals surface area contributed by atoms with Crippen molar-refractivity contribution in [3.63, 3.8) is 0 Å². The van der Waals surface area contributed by atoms with Gasteiger partial charge in [0.2, 0.25) is 0 Å². The van der Waals surface area contributed by atoms with Crippen LogP contribution in [-0.2, 0) is 3.47 Å². The van der Waals surface area contributed by atoms with Gasteiger partial charge in [0.15, 0.2) is 0 Å². The van der Waals surface area contributed by atoms with E-state index in [0.717, 1.165) is 37.5 Å². The number of anilines is 2. The summed E-state index contributed by atoms with van der Waals surface area (Å²) in [7, 11) is 0. The molecule has 0 amide bonds. The fraction of sp³-hybridized carbons (Fsp3) is 0.267. The van der Waals surface area contributed by atoms with E-state index in [2.05, 4.69) is 127 Å². The molecule has 0 radical (unpaired) electrons. The van der Waals surface area contributed by atoms with Gasteiger partial charge >= 0.3 is 209 Å². The van der Waals surface area contributed by atoms with Crippen molar-refractivity contribution >= 4 is 41.0 Å². The van der Waals surface area contributed by atoms with Crippen molar-refractivity contribution in [2.45, 2.75) is 27.7 Å². The Labute approximate surface area is 208 Å². The molecular weight excluding hydrogens is 483 g/mol. The zero-order chi connectivity index (χ0) is 23.9. The van der Waals surface area contributed by atoms with Gasteiger partial charge in [-0.05, 0) is 0 Å². The number of benzene rings is 3. The van der Waals surface area contributed by atoms with E-state index >= 15 is 0 Å². The van der Waals surface area contributed by atoms with E-state index in [9.17, 15) is 0 Å². The molecule has 0 saturated carbocycles. The number of nitrogens with zero attached hydrogens (tertiary/aromatic N) is 2. The van der Waals surface area contributed by atoms with Gasteiger partial charge in [0.25, 0.3) is 0 Å². The Balaban J connectivity index is 1.72. The fourth-order valence-corrected chi connectivity index (χ4v) is 7.33. The van der Waals surface area contributed by atoms with Crippen LogP contribution in [0.5, 0.6) is 0 Å². The van der Waals surface area contributed by atoms with Crippen molar-refractivity contribution in [1.82, 2.24) is 0 Å². The van der Waals surface area contributed by atoms with Gasteiger partial charge in [-0.2, -0.15) is 0 Å². The summed E-state index contributed by atoms with van der Waals surface area (Å²) in [4.78, 5) is 7.10. The molecule has 0 N–H and O–H groups in total. The molecule has 4 rings (SSSR count). The second kappa shape index (κ2) is 11.5. The fourth-order valence-electron chi connectivity index (χ4n) is 4.27. The molecule has 3 aromatic carbocycles. The topological polar surface area (TPSA) is 17.8 Å². The van der Waals surface area contributed by atoms with Crippen LogP contribution in [0.2, 0.25) is 0 Å². The third-order valence-corrected chi connectivity index (χ3v) is 9.57. The number of hydrogen-bond acceptors (Lipinski definition) is 2. The first-order valence-corrected chi connectivity index (χ1v) is 14.8. The van der Waals surface area contributed by atoms with Crippen molar-refractivity contribution < 1.29 is 3.47 Å². The van der Waals surface area contributed by atoms with E-state index in [0.29, 0.717) is 0 Å². The van der Waals surface area contributed by atoms with Crippen LogP contribution >= 0.6 is 0 Å². The predicted molar refractivity (Wildman–Crippen MR) is 148 cm³/mol. The number of allylic oxidation sites excluding steroid dienone is 2. The summed E-state index contributed by atoms with van der Waals surface area (Å²) in [6.07, 6.45) is 2.20. The molecule has 0 aliphatic carbocycles. The molecule has 1 atom stereocenters. The van der Waals surface area contributed by atoms with E-state index in [4.69, 9.17) is 3.47 Å². The molecule has 0 saturated heterocycles. The van der Waals surface area contributed by atoms with Crippen molar-refractivity contribution in [2.24, 2.45) is 0 Å². The van der Waals surface area contributed by atoms with Gasteiger partial charge in [0.05, 0.1) is 0 Å². The normalized spacial score (nSPS) is 15.2. The number of rotatable bonds is 9. The Hall–Kier alpha value is -2.94. The molecule has 4 heteroatoms. The molecule has 3 aromatic rings. The average molecular weight is 519 g/mol. The van der Waals surface area contributed by atoms with Crippen LogP contribution in [0, 0.1) is 0 Å². The monoisotopic (exact) mass is 519 g/mol. The van der Waals surface area contributed by atoms with E-state index < -0.39 is 13.8 Å². The van der Waals surface area contributed by atoms with E-state index in [1.165, 1.54) is 27.0 Å². The van der Waals surface area contributed by atoms with E-state index in [-0.39, 0.29) is 0 Å². The third kappa shape index (κ3) is 5.41. The maximum atomic E-state index is 6.70. The van der Waals surface area contributed by atoms with Gasteiger partial charge in [-0.15, -0.1) is 0 Å². The molecular formula is C30H35N2OSe+. The van der Waals surface area contributed by atoms with Crippen LogP contribution in [0.4, 0.5) is 11.4 Å². The summed E-state index contributed by atoms with van der Waals surface area (Å²) in [5, 5.41) is 0. The summed E-state index contributed by atoms with van der Waals surface area (Å²) >= 11 is -1.65. The van der Waals surface area contributed by atoms with Crippen LogP contribution in [0.15, 0.2) is 89.9 Å². The predicted octanol–water partition coefficient (Wildman–Crippen LogP) is 6.22. The van der Waals surface area contributed by atoms with Crippen molar-refractivity contribution in [3.05, 3.63) is 101 Å². The quantitative estimate of drug-likeness (QED) is 0.247. The second-order valence-electron chi connectivity index (χ2n) is 8.21. The van der Waals surface area contributed by atoms with Crippen molar-refractivity contribution in [2.75, 3.05) is 36.0 Å². The molecule has 1 unspecified atom stereocenters. The summed E-state index contributed by atoms with van der Waals surface area (Å²) in [6.45, 7) is 12.8. The van der Waals surface area contributed by atoms with Crippen molar-refractivity contribution in [1.29, 1.82) is 0 Å². The molecule has 176 valence electrons. The Morgan fingerprint density at radius 2 is 1.15 bits per heavy atom. The average Bonchev–Trinajstić information content (AvgIpc) is 2.91. The zero-order valence-electron chi connectivity index (χ0n) is 20.7. The molecule has 1 aliphatic rings. The molecule has 1 aliphatic heterocycles. The zero-order valence-corrected chi connectivity index (χ0v) is 22.4. The van der Waals surface area contributed by atoms with Gasteiger partial charge in [-0.3, -0.25) is 0 Å². The van der Waals surface area contributed by atoms with Crippen LogP contribution in [0.3, 0.4) is 0 Å². The SMILES string of the molecule is CCN(CC)c1ccc(C2=CC(c3ccccc3)=C[Se](c3ccc(N(CC)CC)cc3)=[O+]2)cc1. The second-order valence-corrected chi connectivity index (χ2v) is 11.3. The first-order valence-electron chi connectivity index (χ1n) is 12.3. The minimum atomic E-state index is -1.65. The Morgan fingerprint density at radius 3 is 1.68 bits per heavy atom. The van der Waals surface area contributed by atoms with E-state index in [1.54, 1.807) is 0 Å². The minimum absolute atomic E-state index is 0.963. The van der Waals surface area contributed by atoms with Gasteiger partial charge in [0.1, 0.15) is 0 Å². The molecule has 0 fully saturated rings. The Morgan fingerprint density at radius 1 is 0.618 bits per heavy atom. The van der Waals surface area contributed by atoms with Crippen LogP contribution in [-0.4, -0.2) is 40.0 Å². The first kappa shape index (κ1) is 24.2. The van der Waals surface area contributed by atoms with Crippen LogP contribution in [0.1, 0.15) is 38.8 Å². The molecule has 0 bridgehead atoms. The summed E-state index contributed by atoms with van der Waals surface area (Å²) in [5.41, 5.74) is 6.13. The molecule has 0 spiro atoms.